The third-order valence-corrected chi connectivity index (χ3v) is 9.36. The summed E-state index contributed by atoms with van der Waals surface area (Å²) >= 11 is 0. The molecule has 2 aromatic rings. The lowest BCUT2D eigenvalue weighted by molar-refractivity contribution is -0.133. The van der Waals surface area contributed by atoms with Gasteiger partial charge in [0.05, 0.1) is 43.8 Å². The van der Waals surface area contributed by atoms with E-state index in [1.165, 1.54) is 7.11 Å². The van der Waals surface area contributed by atoms with Crippen LogP contribution in [-0.2, 0) is 33.9 Å². The topological polar surface area (TPSA) is 177 Å². The van der Waals surface area contributed by atoms with Crippen molar-refractivity contribution in [1.82, 2.24) is 35.9 Å². The number of pyridine rings is 1. The lowest BCUT2D eigenvalue weighted by Gasteiger charge is -2.39. The first kappa shape index (κ1) is 44.1. The molecule has 0 aliphatic carbocycles. The Labute approximate surface area is 321 Å². The largest absolute Gasteiger partial charge is 0.453 e. The molecule has 0 bridgehead atoms. The number of alkyl carbamates (subject to hydrolysis) is 1. The number of hydrogen-bond donors (Lipinski definition) is 5. The monoisotopic (exact) mass is 753 g/mol. The van der Waals surface area contributed by atoms with E-state index in [2.05, 4.69) is 41.8 Å². The molecule has 5 amide bonds. The number of amides is 5. The van der Waals surface area contributed by atoms with Gasteiger partial charge in [0.1, 0.15) is 12.1 Å². The summed E-state index contributed by atoms with van der Waals surface area (Å²) in [5, 5.41) is 28.9. The summed E-state index contributed by atoms with van der Waals surface area (Å²) in [6.07, 6.45) is -0.947. The predicted octanol–water partition coefficient (Wildman–Crippen LogP) is 3.85. The van der Waals surface area contributed by atoms with E-state index in [-0.39, 0.29) is 37.6 Å². The van der Waals surface area contributed by atoms with Crippen molar-refractivity contribution in [1.29, 1.82) is 0 Å². The van der Waals surface area contributed by atoms with Gasteiger partial charge in [-0.3, -0.25) is 20.0 Å². The van der Waals surface area contributed by atoms with E-state index < -0.39 is 53.0 Å². The Morgan fingerprint density at radius 1 is 0.889 bits per heavy atom. The number of aliphatic hydroxyl groups excluding tert-OH is 2. The Balaban J connectivity index is 1.89. The molecular formula is C40H63N7O7. The molecule has 0 radical (unpaired) electrons. The van der Waals surface area contributed by atoms with Crippen LogP contribution in [0.5, 0.6) is 0 Å². The number of nitrogens with zero attached hydrogens (tertiary/aromatic N) is 4. The first-order valence-corrected chi connectivity index (χ1v) is 18.7. The zero-order valence-corrected chi connectivity index (χ0v) is 33.8. The van der Waals surface area contributed by atoms with E-state index in [0.717, 1.165) is 5.56 Å². The van der Waals surface area contributed by atoms with Gasteiger partial charge in [-0.2, -0.15) is 0 Å². The highest BCUT2D eigenvalue weighted by Gasteiger charge is 2.44. The first-order valence-electron chi connectivity index (χ1n) is 18.7. The third-order valence-electron chi connectivity index (χ3n) is 9.36. The van der Waals surface area contributed by atoms with E-state index in [1.807, 2.05) is 71.9 Å². The highest BCUT2D eigenvalue weighted by Crippen LogP contribution is 2.29. The van der Waals surface area contributed by atoms with Crippen molar-refractivity contribution in [3.63, 3.8) is 0 Å². The molecule has 1 aliphatic heterocycles. The molecule has 54 heavy (non-hydrogen) atoms. The van der Waals surface area contributed by atoms with Gasteiger partial charge >= 0.3 is 12.1 Å². The van der Waals surface area contributed by atoms with Crippen LogP contribution in [0.15, 0.2) is 48.5 Å². The smallest absolute Gasteiger partial charge is 0.407 e. The molecule has 1 fully saturated rings. The second-order valence-electron chi connectivity index (χ2n) is 17.5. The molecule has 4 atom stereocenters. The van der Waals surface area contributed by atoms with Crippen molar-refractivity contribution in [3.05, 3.63) is 65.5 Å². The molecule has 3 rings (SSSR count). The van der Waals surface area contributed by atoms with Gasteiger partial charge in [0, 0.05) is 26.2 Å². The lowest BCUT2D eigenvalue weighted by Crippen LogP contribution is -2.61. The Hall–Kier alpha value is -4.27. The number of methoxy groups -OCH3 is 1. The molecule has 14 nitrogen and oxygen atoms in total. The van der Waals surface area contributed by atoms with Crippen LogP contribution in [0.3, 0.4) is 0 Å². The number of aliphatic hydroxyl groups is 2. The zero-order valence-electron chi connectivity index (χ0n) is 33.8. The van der Waals surface area contributed by atoms with Crippen LogP contribution in [0.2, 0.25) is 0 Å². The molecule has 14 heteroatoms. The van der Waals surface area contributed by atoms with Crippen LogP contribution in [0.25, 0.3) is 0 Å². The molecule has 1 aromatic heterocycles. The molecule has 1 aliphatic rings. The Kier molecular flexibility index (Phi) is 15.4. The predicted molar refractivity (Wildman–Crippen MR) is 207 cm³/mol. The fraction of sp³-hybridized carbons (Fsp3) is 0.625. The maximum absolute atomic E-state index is 14.4. The lowest BCUT2D eigenvalue weighted by atomic mass is 9.84. The van der Waals surface area contributed by atoms with Gasteiger partial charge in [-0.05, 0) is 46.8 Å². The van der Waals surface area contributed by atoms with Crippen molar-refractivity contribution in [3.8, 4) is 0 Å². The van der Waals surface area contributed by atoms with E-state index in [4.69, 9.17) is 4.74 Å². The zero-order chi connectivity index (χ0) is 40.4. The Morgan fingerprint density at radius 3 is 2.11 bits per heavy atom. The number of urea groups is 1. The average molecular weight is 754 g/mol. The molecule has 0 unspecified atom stereocenters. The van der Waals surface area contributed by atoms with Gasteiger partial charge in [-0.25, -0.2) is 14.6 Å². The number of ether oxygens (including phenoxy) is 1. The number of aromatic nitrogens is 1. The van der Waals surface area contributed by atoms with Crippen molar-refractivity contribution in [2.45, 2.75) is 113 Å². The van der Waals surface area contributed by atoms with E-state index in [0.29, 0.717) is 37.4 Å². The normalized spacial score (nSPS) is 16.1. The average Bonchev–Trinajstić information content (AvgIpc) is 3.42. The molecule has 300 valence electrons. The van der Waals surface area contributed by atoms with Crippen LogP contribution in [0.1, 0.15) is 85.7 Å². The van der Waals surface area contributed by atoms with Crippen molar-refractivity contribution in [2.75, 3.05) is 33.3 Å². The van der Waals surface area contributed by atoms with E-state index in [1.54, 1.807) is 33.0 Å². The second kappa shape index (κ2) is 18.9. The highest BCUT2D eigenvalue weighted by atomic mass is 16.5. The van der Waals surface area contributed by atoms with Crippen molar-refractivity contribution >= 4 is 23.9 Å². The molecule has 2 heterocycles. The van der Waals surface area contributed by atoms with E-state index in [9.17, 15) is 29.4 Å². The van der Waals surface area contributed by atoms with Crippen molar-refractivity contribution in [2.24, 2.45) is 16.2 Å². The van der Waals surface area contributed by atoms with Crippen molar-refractivity contribution < 1.29 is 34.1 Å². The van der Waals surface area contributed by atoms with Crippen LogP contribution < -0.4 is 16.1 Å². The number of carbonyl (C=O) groups is 4. The second-order valence-corrected chi connectivity index (χ2v) is 17.5. The summed E-state index contributed by atoms with van der Waals surface area (Å²) in [7, 11) is 1.23. The minimum absolute atomic E-state index is 0.0365. The van der Waals surface area contributed by atoms with E-state index >= 15 is 0 Å². The molecule has 0 saturated carbocycles. The summed E-state index contributed by atoms with van der Waals surface area (Å²) in [6, 6.07) is 11.9. The minimum Gasteiger partial charge on any atom is -0.453 e. The van der Waals surface area contributed by atoms with Gasteiger partial charge in [-0.15, -0.1) is 0 Å². The number of nitrogens with one attached hydrogen (secondary N) is 3. The fourth-order valence-electron chi connectivity index (χ4n) is 6.39. The third kappa shape index (κ3) is 13.2. The maximum atomic E-state index is 14.4. The van der Waals surface area contributed by atoms with Gasteiger partial charge in [-0.1, -0.05) is 98.7 Å². The minimum atomic E-state index is -1.16. The first-order chi connectivity index (χ1) is 25.1. The Morgan fingerprint density at radius 2 is 1.54 bits per heavy atom. The summed E-state index contributed by atoms with van der Waals surface area (Å²) in [5.41, 5.74) is 3.52. The summed E-state index contributed by atoms with van der Waals surface area (Å²) in [4.78, 5) is 61.8. The van der Waals surface area contributed by atoms with Crippen LogP contribution >= 0.6 is 0 Å². The SMILES string of the molecule is COC(=O)N[C@H](C(=O)NN(CCC(C)(C)C)C[C@H](O)[C@H](Cc1ccccc1)NC(=O)[C@@H](N1CCN(Cc2cccc(CO)n2)C1=O)C(C)(C)C)C(C)(C)C. The number of hydrazine groups is 1. The molecule has 1 saturated heterocycles. The van der Waals surface area contributed by atoms with Gasteiger partial charge in [0.25, 0.3) is 5.91 Å². The molecule has 5 N–H and O–H groups in total. The number of benzene rings is 1. The van der Waals surface area contributed by atoms with Crippen LogP contribution in [0.4, 0.5) is 9.59 Å². The number of carbonyl (C=O) groups excluding carboxylic acids is 4. The van der Waals surface area contributed by atoms with Gasteiger partial charge in [0.15, 0.2) is 0 Å². The summed E-state index contributed by atoms with van der Waals surface area (Å²) < 4.78 is 4.78. The number of rotatable bonds is 16. The standard InChI is InChI=1S/C40H63N7O7/c1-38(2,3)19-20-46(44-34(50)32(39(4,5)6)43-36(52)54-10)25-31(49)30(23-27-15-12-11-13-16-27)42-35(51)33(40(7,8)9)47-22-21-45(37(47)53)24-28-17-14-18-29(26-48)41-28/h11-18,30-33,48-49H,19-26H2,1-10H3,(H,42,51)(H,43,52)(H,44,50)/t30-,31-,32+,33+/m0/s1. The summed E-state index contributed by atoms with van der Waals surface area (Å²) in [5.74, 6) is -0.876. The molecular weight excluding hydrogens is 690 g/mol. The summed E-state index contributed by atoms with van der Waals surface area (Å²) in [6.45, 7) is 18.5. The highest BCUT2D eigenvalue weighted by molar-refractivity contribution is 5.89. The number of hydrogen-bond acceptors (Lipinski definition) is 9. The van der Waals surface area contributed by atoms with Crippen LogP contribution in [0, 0.1) is 16.2 Å². The molecule has 0 spiro atoms. The maximum Gasteiger partial charge on any atom is 0.407 e. The molecule has 1 aromatic carbocycles. The van der Waals surface area contributed by atoms with Gasteiger partial charge in [0.2, 0.25) is 5.91 Å². The van der Waals surface area contributed by atoms with Gasteiger partial charge < -0.3 is 35.4 Å². The Bertz CT molecular complexity index is 1550. The fourth-order valence-corrected chi connectivity index (χ4v) is 6.39. The quantitative estimate of drug-likeness (QED) is 0.160. The van der Waals surface area contributed by atoms with Crippen LogP contribution in [-0.4, -0.2) is 111 Å².